The number of hydrogen-bond acceptors (Lipinski definition) is 3. The topological polar surface area (TPSA) is 84.2 Å². The lowest BCUT2D eigenvalue weighted by atomic mass is 9.95. The lowest BCUT2D eigenvalue weighted by Gasteiger charge is -2.20. The second kappa shape index (κ2) is 6.04. The molecule has 5 nitrogen and oxygen atoms in total. The van der Waals surface area contributed by atoms with E-state index in [1.54, 1.807) is 6.07 Å². The predicted molar refractivity (Wildman–Crippen MR) is 81.9 cm³/mol. The van der Waals surface area contributed by atoms with Crippen molar-refractivity contribution >= 4 is 23.2 Å². The molecule has 1 aliphatic carbocycles. The van der Waals surface area contributed by atoms with Gasteiger partial charge in [-0.05, 0) is 49.4 Å². The Morgan fingerprint density at radius 1 is 1.36 bits per heavy atom. The molecule has 2 atom stereocenters. The molecule has 1 aromatic rings. The third-order valence-corrected chi connectivity index (χ3v) is 4.64. The van der Waals surface area contributed by atoms with Crippen LogP contribution in [0.3, 0.4) is 0 Å². The number of carbonyl (C=O) groups excluding carboxylic acids is 2. The maximum absolute atomic E-state index is 14.1. The van der Waals surface area contributed by atoms with Crippen molar-refractivity contribution in [3.05, 3.63) is 23.5 Å². The van der Waals surface area contributed by atoms with Crippen LogP contribution in [0.5, 0.6) is 0 Å². The van der Waals surface area contributed by atoms with Crippen molar-refractivity contribution in [3.63, 3.8) is 0 Å². The van der Waals surface area contributed by atoms with Crippen LogP contribution in [0, 0.1) is 17.7 Å². The number of halogens is 1. The maximum Gasteiger partial charge on any atom is 0.227 e. The number of nitrogens with two attached hydrogens (primary N) is 1. The highest BCUT2D eigenvalue weighted by molar-refractivity contribution is 5.96. The third-order valence-electron chi connectivity index (χ3n) is 4.64. The van der Waals surface area contributed by atoms with Gasteiger partial charge in [0.1, 0.15) is 5.82 Å². The first-order chi connectivity index (χ1) is 10.6. The van der Waals surface area contributed by atoms with Crippen molar-refractivity contribution in [2.45, 2.75) is 32.1 Å². The Labute approximate surface area is 128 Å². The number of benzene rings is 1. The van der Waals surface area contributed by atoms with E-state index < -0.39 is 5.82 Å². The zero-order valence-corrected chi connectivity index (χ0v) is 12.3. The minimum Gasteiger partial charge on any atom is -0.330 e. The molecule has 0 bridgehead atoms. The van der Waals surface area contributed by atoms with Gasteiger partial charge in [-0.15, -0.1) is 0 Å². The normalized spacial score (nSPS) is 23.8. The number of aryl methyl sites for hydroxylation is 1. The molecule has 3 rings (SSSR count). The van der Waals surface area contributed by atoms with Crippen LogP contribution in [0.2, 0.25) is 0 Å². The quantitative estimate of drug-likeness (QED) is 0.799. The fourth-order valence-electron chi connectivity index (χ4n) is 3.39. The van der Waals surface area contributed by atoms with Crippen LogP contribution in [0.15, 0.2) is 12.1 Å². The summed E-state index contributed by atoms with van der Waals surface area (Å²) in [5.41, 5.74) is 7.22. The molecule has 2 amide bonds. The van der Waals surface area contributed by atoms with Gasteiger partial charge in [-0.25, -0.2) is 4.39 Å². The molecule has 22 heavy (non-hydrogen) atoms. The molecule has 0 spiro atoms. The van der Waals surface area contributed by atoms with Crippen molar-refractivity contribution < 1.29 is 14.0 Å². The fourth-order valence-corrected chi connectivity index (χ4v) is 3.39. The van der Waals surface area contributed by atoms with Crippen molar-refractivity contribution in [1.29, 1.82) is 0 Å². The summed E-state index contributed by atoms with van der Waals surface area (Å²) in [4.78, 5) is 23.7. The van der Waals surface area contributed by atoms with E-state index in [4.69, 9.17) is 5.73 Å². The predicted octanol–water partition coefficient (Wildman–Crippen LogP) is 2.02. The van der Waals surface area contributed by atoms with E-state index in [9.17, 15) is 14.0 Å². The van der Waals surface area contributed by atoms with Crippen molar-refractivity contribution in [2.24, 2.45) is 17.6 Å². The third kappa shape index (κ3) is 2.83. The summed E-state index contributed by atoms with van der Waals surface area (Å²) in [6.45, 7) is 0.483. The van der Waals surface area contributed by atoms with Crippen LogP contribution in [0.4, 0.5) is 15.8 Å². The molecule has 6 heteroatoms. The van der Waals surface area contributed by atoms with Crippen molar-refractivity contribution in [3.8, 4) is 0 Å². The Bertz CT molecular complexity index is 618. The number of hydrogen-bond donors (Lipinski definition) is 3. The second-order valence-corrected chi connectivity index (χ2v) is 6.06. The van der Waals surface area contributed by atoms with Crippen LogP contribution in [0.1, 0.15) is 31.2 Å². The van der Waals surface area contributed by atoms with Gasteiger partial charge < -0.3 is 16.4 Å². The molecule has 2 aliphatic rings. The molecular formula is C16H20FN3O2. The lowest BCUT2D eigenvalue weighted by molar-refractivity contribution is -0.120. The van der Waals surface area contributed by atoms with E-state index in [0.717, 1.165) is 24.8 Å². The van der Waals surface area contributed by atoms with E-state index in [1.807, 2.05) is 0 Å². The number of carbonyl (C=O) groups is 2. The Hall–Kier alpha value is -1.95. The summed E-state index contributed by atoms with van der Waals surface area (Å²) in [6.07, 6.45) is 3.67. The van der Waals surface area contributed by atoms with Gasteiger partial charge in [0.05, 0.1) is 5.69 Å². The summed E-state index contributed by atoms with van der Waals surface area (Å²) < 4.78 is 14.1. The zero-order chi connectivity index (χ0) is 15.7. The fraction of sp³-hybridized carbons (Fsp3) is 0.500. The zero-order valence-electron chi connectivity index (χ0n) is 12.3. The summed E-state index contributed by atoms with van der Waals surface area (Å²) in [5, 5.41) is 5.34. The first-order valence-corrected chi connectivity index (χ1v) is 7.71. The van der Waals surface area contributed by atoms with Gasteiger partial charge in [-0.2, -0.15) is 0 Å². The molecule has 118 valence electrons. The smallest absolute Gasteiger partial charge is 0.227 e. The van der Waals surface area contributed by atoms with E-state index in [0.29, 0.717) is 25.1 Å². The van der Waals surface area contributed by atoms with Crippen LogP contribution in [-0.4, -0.2) is 18.4 Å². The summed E-state index contributed by atoms with van der Waals surface area (Å²) in [6, 6.07) is 2.89. The first-order valence-electron chi connectivity index (χ1n) is 7.71. The lowest BCUT2D eigenvalue weighted by Crippen LogP contribution is -2.30. The minimum atomic E-state index is -0.531. The Kier molecular flexibility index (Phi) is 4.11. The van der Waals surface area contributed by atoms with Gasteiger partial charge in [-0.3, -0.25) is 9.59 Å². The van der Waals surface area contributed by atoms with E-state index >= 15 is 0 Å². The van der Waals surface area contributed by atoms with Crippen LogP contribution >= 0.6 is 0 Å². The van der Waals surface area contributed by atoms with Crippen LogP contribution in [-0.2, 0) is 16.0 Å². The molecule has 1 aliphatic heterocycles. The van der Waals surface area contributed by atoms with Gasteiger partial charge in [0.15, 0.2) is 0 Å². The number of amides is 2. The molecular weight excluding hydrogens is 285 g/mol. The summed E-state index contributed by atoms with van der Waals surface area (Å²) in [5.74, 6) is -0.760. The monoisotopic (exact) mass is 305 g/mol. The number of nitrogens with one attached hydrogen (secondary N) is 2. The number of anilines is 2. The minimum absolute atomic E-state index is 0.111. The van der Waals surface area contributed by atoms with E-state index in [1.165, 1.54) is 6.07 Å². The summed E-state index contributed by atoms with van der Waals surface area (Å²) >= 11 is 0. The average Bonchev–Trinajstić information content (AvgIpc) is 2.97. The molecule has 1 heterocycles. The summed E-state index contributed by atoms with van der Waals surface area (Å²) in [7, 11) is 0. The molecule has 0 radical (unpaired) electrons. The van der Waals surface area contributed by atoms with Gasteiger partial charge in [0.2, 0.25) is 11.8 Å². The highest BCUT2D eigenvalue weighted by atomic mass is 19.1. The first kappa shape index (κ1) is 15.0. The van der Waals surface area contributed by atoms with Gasteiger partial charge >= 0.3 is 0 Å². The van der Waals surface area contributed by atoms with Crippen LogP contribution in [0.25, 0.3) is 0 Å². The second-order valence-electron chi connectivity index (χ2n) is 6.06. The van der Waals surface area contributed by atoms with Crippen molar-refractivity contribution in [2.75, 3.05) is 17.2 Å². The molecule has 0 unspecified atom stereocenters. The largest absolute Gasteiger partial charge is 0.330 e. The molecule has 1 fully saturated rings. The van der Waals surface area contributed by atoms with Crippen molar-refractivity contribution in [1.82, 2.24) is 0 Å². The molecule has 4 N–H and O–H groups in total. The number of rotatable bonds is 3. The van der Waals surface area contributed by atoms with E-state index in [2.05, 4.69) is 10.6 Å². The Balaban J connectivity index is 1.78. The molecule has 1 saturated carbocycles. The Morgan fingerprint density at radius 2 is 2.18 bits per heavy atom. The number of fused-ring (bicyclic) bond motifs is 1. The highest BCUT2D eigenvalue weighted by Crippen LogP contribution is 2.33. The van der Waals surface area contributed by atoms with Crippen LogP contribution < -0.4 is 16.4 Å². The average molecular weight is 305 g/mol. The molecule has 0 aromatic heterocycles. The van der Waals surface area contributed by atoms with Gasteiger partial charge in [-0.1, -0.05) is 6.42 Å². The van der Waals surface area contributed by atoms with Gasteiger partial charge in [0.25, 0.3) is 0 Å². The van der Waals surface area contributed by atoms with E-state index in [-0.39, 0.29) is 29.3 Å². The maximum atomic E-state index is 14.1. The SMILES string of the molecule is NC[C@H]1CCC[C@H]1C(=O)Nc1cc2c(cc1F)NC(=O)CC2. The molecule has 0 saturated heterocycles. The highest BCUT2D eigenvalue weighted by Gasteiger charge is 2.32. The van der Waals surface area contributed by atoms with Gasteiger partial charge in [0, 0.05) is 18.0 Å². The molecule has 1 aromatic carbocycles. The Morgan fingerprint density at radius 3 is 2.95 bits per heavy atom. The standard InChI is InChI=1S/C16H20FN3O2/c17-12-7-13-9(4-5-15(21)19-13)6-14(12)20-16(22)11-3-1-2-10(11)8-18/h6-7,10-11H,1-5,8,18H2,(H,19,21)(H,20,22)/t10-,11-/m1/s1.